The van der Waals surface area contributed by atoms with Crippen molar-refractivity contribution in [2.45, 2.75) is 33.1 Å². The van der Waals surface area contributed by atoms with Gasteiger partial charge in [-0.05, 0) is 31.8 Å². The molecular formula is C9H20BrN. The van der Waals surface area contributed by atoms with Crippen LogP contribution in [0.15, 0.2) is 0 Å². The summed E-state index contributed by atoms with van der Waals surface area (Å²) in [6.45, 7) is 6.89. The van der Waals surface area contributed by atoms with Gasteiger partial charge < -0.3 is 5.32 Å². The quantitative estimate of drug-likeness (QED) is 0.516. The summed E-state index contributed by atoms with van der Waals surface area (Å²) >= 11 is 3.42. The molecule has 0 fully saturated rings. The summed E-state index contributed by atoms with van der Waals surface area (Å²) in [5, 5.41) is 4.59. The summed E-state index contributed by atoms with van der Waals surface area (Å²) in [4.78, 5) is 0. The first-order valence-electron chi connectivity index (χ1n) is 4.58. The van der Waals surface area contributed by atoms with Crippen molar-refractivity contribution in [3.8, 4) is 0 Å². The van der Waals surface area contributed by atoms with Crippen molar-refractivity contribution in [2.75, 3.05) is 18.4 Å². The van der Waals surface area contributed by atoms with Crippen molar-refractivity contribution in [1.82, 2.24) is 5.32 Å². The first-order chi connectivity index (χ1) is 5.31. The maximum Gasteiger partial charge on any atom is 0.00317 e. The number of unbranched alkanes of at least 4 members (excludes halogenated alkanes) is 1. The molecule has 1 nitrogen and oxygen atoms in total. The summed E-state index contributed by atoms with van der Waals surface area (Å²) < 4.78 is 0. The largest absolute Gasteiger partial charge is 0.316 e. The summed E-state index contributed by atoms with van der Waals surface area (Å²) in [7, 11) is 0. The van der Waals surface area contributed by atoms with Gasteiger partial charge in [-0.15, -0.1) is 0 Å². The lowest BCUT2D eigenvalue weighted by Gasteiger charge is -2.08. The van der Waals surface area contributed by atoms with Crippen LogP contribution in [-0.4, -0.2) is 18.4 Å². The molecule has 0 radical (unpaired) electrons. The molecule has 2 heteroatoms. The van der Waals surface area contributed by atoms with Gasteiger partial charge in [-0.25, -0.2) is 0 Å². The van der Waals surface area contributed by atoms with Crippen LogP contribution < -0.4 is 5.32 Å². The van der Waals surface area contributed by atoms with E-state index >= 15 is 0 Å². The zero-order valence-electron chi connectivity index (χ0n) is 7.70. The van der Waals surface area contributed by atoms with Crippen LogP contribution in [0.25, 0.3) is 0 Å². The van der Waals surface area contributed by atoms with Crippen LogP contribution in [0.4, 0.5) is 0 Å². The first-order valence-corrected chi connectivity index (χ1v) is 5.70. The highest BCUT2D eigenvalue weighted by molar-refractivity contribution is 9.09. The van der Waals surface area contributed by atoms with Gasteiger partial charge in [0.1, 0.15) is 0 Å². The smallest absolute Gasteiger partial charge is 0.00317 e. The van der Waals surface area contributed by atoms with E-state index in [1.165, 1.54) is 32.4 Å². The molecule has 0 bridgehead atoms. The average Bonchev–Trinajstić information content (AvgIpc) is 2.04. The Morgan fingerprint density at radius 2 is 2.09 bits per heavy atom. The molecule has 0 aliphatic carbocycles. The van der Waals surface area contributed by atoms with Crippen molar-refractivity contribution in [3.05, 3.63) is 0 Å². The normalized spacial score (nSPS) is 13.4. The van der Waals surface area contributed by atoms with Crippen LogP contribution in [0.2, 0.25) is 0 Å². The van der Waals surface area contributed by atoms with Gasteiger partial charge in [0.05, 0.1) is 0 Å². The molecule has 68 valence electrons. The highest BCUT2D eigenvalue weighted by atomic mass is 79.9. The topological polar surface area (TPSA) is 12.0 Å². The van der Waals surface area contributed by atoms with E-state index in [-0.39, 0.29) is 0 Å². The number of hydrogen-bond acceptors (Lipinski definition) is 1. The molecule has 1 unspecified atom stereocenters. The molecule has 11 heavy (non-hydrogen) atoms. The van der Waals surface area contributed by atoms with Crippen LogP contribution in [0, 0.1) is 5.92 Å². The van der Waals surface area contributed by atoms with Crippen molar-refractivity contribution < 1.29 is 0 Å². The van der Waals surface area contributed by atoms with E-state index in [4.69, 9.17) is 0 Å². The fourth-order valence-electron chi connectivity index (χ4n) is 0.837. The van der Waals surface area contributed by atoms with Crippen LogP contribution in [0.1, 0.15) is 33.1 Å². The Hall–Kier alpha value is 0.440. The van der Waals surface area contributed by atoms with E-state index in [9.17, 15) is 0 Å². The second kappa shape index (κ2) is 8.54. The second-order valence-electron chi connectivity index (χ2n) is 3.11. The minimum Gasteiger partial charge on any atom is -0.316 e. The maximum absolute atomic E-state index is 3.45. The predicted molar refractivity (Wildman–Crippen MR) is 55.4 cm³/mol. The van der Waals surface area contributed by atoms with E-state index in [0.29, 0.717) is 0 Å². The molecule has 0 aliphatic heterocycles. The second-order valence-corrected chi connectivity index (χ2v) is 3.91. The standard InChI is InChI=1S/C9H20BrN/c1-3-9(2)8-11-7-5-4-6-10/h9,11H,3-8H2,1-2H3. The zero-order chi connectivity index (χ0) is 8.53. The van der Waals surface area contributed by atoms with Crippen molar-refractivity contribution in [3.63, 3.8) is 0 Å². The van der Waals surface area contributed by atoms with Gasteiger partial charge in [0.25, 0.3) is 0 Å². The van der Waals surface area contributed by atoms with Crippen molar-refractivity contribution >= 4 is 15.9 Å². The molecule has 0 spiro atoms. The molecule has 0 aromatic heterocycles. The third-order valence-corrected chi connectivity index (χ3v) is 2.49. The molecular weight excluding hydrogens is 202 g/mol. The van der Waals surface area contributed by atoms with Crippen molar-refractivity contribution in [1.29, 1.82) is 0 Å². The number of hydrogen-bond donors (Lipinski definition) is 1. The van der Waals surface area contributed by atoms with Crippen LogP contribution in [0.5, 0.6) is 0 Å². The fraction of sp³-hybridized carbons (Fsp3) is 1.00. The highest BCUT2D eigenvalue weighted by Gasteiger charge is 1.95. The van der Waals surface area contributed by atoms with Gasteiger partial charge in [0, 0.05) is 5.33 Å². The summed E-state index contributed by atoms with van der Waals surface area (Å²) in [6, 6.07) is 0. The summed E-state index contributed by atoms with van der Waals surface area (Å²) in [5.41, 5.74) is 0. The Morgan fingerprint density at radius 1 is 1.36 bits per heavy atom. The SMILES string of the molecule is CCC(C)CNCCCCBr. The Morgan fingerprint density at radius 3 is 2.64 bits per heavy atom. The average molecular weight is 222 g/mol. The minimum absolute atomic E-state index is 0.832. The van der Waals surface area contributed by atoms with Crippen LogP contribution in [-0.2, 0) is 0 Å². The molecule has 0 aromatic carbocycles. The minimum atomic E-state index is 0.832. The van der Waals surface area contributed by atoms with Crippen LogP contribution in [0.3, 0.4) is 0 Å². The lowest BCUT2D eigenvalue weighted by Crippen LogP contribution is -2.21. The molecule has 1 atom stereocenters. The van der Waals surface area contributed by atoms with E-state index < -0.39 is 0 Å². The summed E-state index contributed by atoms with van der Waals surface area (Å²) in [6.07, 6.45) is 3.86. The molecule has 0 aliphatic rings. The summed E-state index contributed by atoms with van der Waals surface area (Å²) in [5.74, 6) is 0.832. The molecule has 0 aromatic rings. The number of nitrogens with one attached hydrogen (secondary N) is 1. The Kier molecular flexibility index (Phi) is 8.88. The van der Waals surface area contributed by atoms with E-state index in [2.05, 4.69) is 35.1 Å². The Balaban J connectivity index is 2.89. The van der Waals surface area contributed by atoms with Crippen molar-refractivity contribution in [2.24, 2.45) is 5.92 Å². The highest BCUT2D eigenvalue weighted by Crippen LogP contribution is 1.97. The van der Waals surface area contributed by atoms with Crippen LogP contribution >= 0.6 is 15.9 Å². The number of alkyl halides is 1. The van der Waals surface area contributed by atoms with Gasteiger partial charge in [0.15, 0.2) is 0 Å². The third kappa shape index (κ3) is 8.35. The van der Waals surface area contributed by atoms with Gasteiger partial charge in [-0.1, -0.05) is 36.2 Å². The molecule has 1 N–H and O–H groups in total. The molecule has 0 rings (SSSR count). The van der Waals surface area contributed by atoms with E-state index in [0.717, 1.165) is 11.2 Å². The molecule has 0 saturated heterocycles. The Bertz CT molecular complexity index is 76.0. The molecule has 0 saturated carbocycles. The fourth-order valence-corrected chi connectivity index (χ4v) is 1.23. The third-order valence-electron chi connectivity index (χ3n) is 1.93. The number of halogens is 1. The van der Waals surface area contributed by atoms with E-state index in [1.807, 2.05) is 0 Å². The first kappa shape index (κ1) is 11.4. The molecule has 0 amide bonds. The lowest BCUT2D eigenvalue weighted by molar-refractivity contribution is 0.495. The maximum atomic E-state index is 3.45. The predicted octanol–water partition coefficient (Wildman–Crippen LogP) is 2.80. The lowest BCUT2D eigenvalue weighted by atomic mass is 10.1. The van der Waals surface area contributed by atoms with E-state index in [1.54, 1.807) is 0 Å². The Labute approximate surface area is 79.1 Å². The van der Waals surface area contributed by atoms with Gasteiger partial charge in [-0.2, -0.15) is 0 Å². The number of rotatable bonds is 7. The molecule has 0 heterocycles. The van der Waals surface area contributed by atoms with Gasteiger partial charge >= 0.3 is 0 Å². The monoisotopic (exact) mass is 221 g/mol. The zero-order valence-corrected chi connectivity index (χ0v) is 9.28. The van der Waals surface area contributed by atoms with Gasteiger partial charge in [-0.3, -0.25) is 0 Å². The van der Waals surface area contributed by atoms with Gasteiger partial charge in [0.2, 0.25) is 0 Å².